The smallest absolute Gasteiger partial charge is 0.350 e. The van der Waals surface area contributed by atoms with Crippen molar-refractivity contribution >= 4 is 40.8 Å². The third-order valence-electron chi connectivity index (χ3n) is 4.51. The number of nitrogens with zero attached hydrogens (tertiary/aromatic N) is 4. The van der Waals surface area contributed by atoms with Crippen molar-refractivity contribution in [3.05, 3.63) is 80.4 Å². The Morgan fingerprint density at radius 3 is 2.52 bits per heavy atom. The third kappa shape index (κ3) is 3.76. The Bertz CT molecular complexity index is 1150. The van der Waals surface area contributed by atoms with Gasteiger partial charge in [0.2, 0.25) is 5.91 Å². The van der Waals surface area contributed by atoms with Crippen molar-refractivity contribution in [2.75, 3.05) is 4.90 Å². The number of benzene rings is 2. The fourth-order valence-corrected chi connectivity index (χ4v) is 3.40. The van der Waals surface area contributed by atoms with E-state index in [1.54, 1.807) is 42.5 Å². The Morgan fingerprint density at radius 1 is 1.07 bits per heavy atom. The molecule has 148 valence electrons. The first-order chi connectivity index (χ1) is 13.9. The largest absolute Gasteiger partial charge is 0.365 e. The van der Waals surface area contributed by atoms with E-state index in [0.29, 0.717) is 15.7 Å². The van der Waals surface area contributed by atoms with Crippen LogP contribution >= 0.6 is 23.2 Å². The van der Waals surface area contributed by atoms with E-state index in [1.165, 1.54) is 4.90 Å². The van der Waals surface area contributed by atoms with Crippen molar-refractivity contribution < 1.29 is 9.59 Å². The number of hydrogen-bond donors (Lipinski definition) is 1. The van der Waals surface area contributed by atoms with Gasteiger partial charge in [-0.25, -0.2) is 14.3 Å². The number of carbonyl (C=O) groups is 2. The number of hydrogen-bond acceptors (Lipinski definition) is 4. The molecule has 0 spiro atoms. The molecular formula is C19H15Cl2N5O3. The van der Waals surface area contributed by atoms with E-state index in [-0.39, 0.29) is 25.5 Å². The minimum absolute atomic E-state index is 0.129. The van der Waals surface area contributed by atoms with Crippen LogP contribution < -0.4 is 15.9 Å². The number of aromatic nitrogens is 3. The van der Waals surface area contributed by atoms with Gasteiger partial charge in [-0.15, -0.1) is 0 Å². The van der Waals surface area contributed by atoms with Crippen molar-refractivity contribution in [3.63, 3.8) is 0 Å². The summed E-state index contributed by atoms with van der Waals surface area (Å²) in [6, 6.07) is 13.4. The molecule has 1 aromatic heterocycles. The summed E-state index contributed by atoms with van der Waals surface area (Å²) in [7, 11) is 0. The van der Waals surface area contributed by atoms with Crippen LogP contribution in [0.5, 0.6) is 0 Å². The lowest BCUT2D eigenvalue weighted by atomic mass is 10.2. The van der Waals surface area contributed by atoms with Gasteiger partial charge in [0, 0.05) is 22.3 Å². The number of fused-ring (bicyclic) bond motifs is 1. The van der Waals surface area contributed by atoms with Crippen LogP contribution in [0.1, 0.15) is 11.4 Å². The van der Waals surface area contributed by atoms with Crippen LogP contribution in [0.2, 0.25) is 10.0 Å². The molecule has 2 amide bonds. The predicted octanol–water partition coefficient (Wildman–Crippen LogP) is 2.66. The summed E-state index contributed by atoms with van der Waals surface area (Å²) in [4.78, 5) is 42.7. The average molecular weight is 432 g/mol. The number of nitrogens with one attached hydrogen (secondary N) is 1. The molecular weight excluding hydrogens is 417 g/mol. The standard InChI is InChI=1S/C19H15Cl2N5O3/c20-13-5-7-14(8-6-13)24-10-16-23-18(28)25(26(16)19(24)29)11-17(27)22-9-12-3-1-2-4-15(12)21/h1-8H,9-11H2,(H,22,27). The Labute approximate surface area is 175 Å². The molecule has 3 aromatic rings. The second kappa shape index (κ2) is 7.73. The quantitative estimate of drug-likeness (QED) is 0.672. The molecule has 0 bridgehead atoms. The highest BCUT2D eigenvalue weighted by atomic mass is 35.5. The summed E-state index contributed by atoms with van der Waals surface area (Å²) in [5.74, 6) is -0.165. The van der Waals surface area contributed by atoms with E-state index in [1.807, 2.05) is 6.07 Å². The lowest BCUT2D eigenvalue weighted by molar-refractivity contribution is -0.122. The minimum Gasteiger partial charge on any atom is -0.350 e. The number of amides is 2. The topological polar surface area (TPSA) is 89.2 Å². The molecule has 2 aromatic carbocycles. The van der Waals surface area contributed by atoms with Crippen LogP contribution in [-0.4, -0.2) is 26.3 Å². The van der Waals surface area contributed by atoms with Crippen molar-refractivity contribution in [1.82, 2.24) is 19.7 Å². The van der Waals surface area contributed by atoms with Gasteiger partial charge in [-0.1, -0.05) is 41.4 Å². The third-order valence-corrected chi connectivity index (χ3v) is 5.13. The molecule has 0 saturated carbocycles. The van der Waals surface area contributed by atoms with E-state index in [0.717, 1.165) is 14.9 Å². The van der Waals surface area contributed by atoms with E-state index in [2.05, 4.69) is 10.3 Å². The van der Waals surface area contributed by atoms with Gasteiger partial charge in [-0.2, -0.15) is 9.67 Å². The first-order valence-corrected chi connectivity index (χ1v) is 9.46. The predicted molar refractivity (Wildman–Crippen MR) is 108 cm³/mol. The number of halogens is 2. The van der Waals surface area contributed by atoms with Crippen LogP contribution in [0.15, 0.2) is 53.3 Å². The van der Waals surface area contributed by atoms with Crippen molar-refractivity contribution in [2.45, 2.75) is 19.6 Å². The van der Waals surface area contributed by atoms with Gasteiger partial charge in [0.25, 0.3) is 0 Å². The van der Waals surface area contributed by atoms with Crippen LogP contribution in [0, 0.1) is 0 Å². The zero-order chi connectivity index (χ0) is 20.5. The SMILES string of the molecule is O=C(Cn1c(=O)nc2n1C(=O)N(c1ccc(Cl)cc1)C2)NCc1ccccc1Cl. The monoisotopic (exact) mass is 431 g/mol. The molecule has 0 aliphatic carbocycles. The van der Waals surface area contributed by atoms with E-state index < -0.39 is 17.6 Å². The zero-order valence-electron chi connectivity index (χ0n) is 15.0. The van der Waals surface area contributed by atoms with Gasteiger partial charge in [-0.3, -0.25) is 9.69 Å². The second-order valence-electron chi connectivity index (χ2n) is 6.39. The van der Waals surface area contributed by atoms with Gasteiger partial charge >= 0.3 is 11.7 Å². The summed E-state index contributed by atoms with van der Waals surface area (Å²) in [6.07, 6.45) is 0. The lowest BCUT2D eigenvalue weighted by Crippen LogP contribution is -2.38. The highest BCUT2D eigenvalue weighted by Crippen LogP contribution is 2.24. The Morgan fingerprint density at radius 2 is 1.79 bits per heavy atom. The lowest BCUT2D eigenvalue weighted by Gasteiger charge is -2.15. The molecule has 1 aliphatic heterocycles. The normalized spacial score (nSPS) is 12.9. The Balaban J connectivity index is 1.50. The van der Waals surface area contributed by atoms with Crippen LogP contribution in [-0.2, 0) is 24.4 Å². The van der Waals surface area contributed by atoms with Crippen LogP contribution in [0.25, 0.3) is 0 Å². The van der Waals surface area contributed by atoms with Gasteiger partial charge in [0.15, 0.2) is 5.82 Å². The summed E-state index contributed by atoms with van der Waals surface area (Å²) in [5, 5.41) is 3.77. The molecule has 0 atom stereocenters. The van der Waals surface area contributed by atoms with E-state index >= 15 is 0 Å². The molecule has 0 unspecified atom stereocenters. The Kier molecular flexibility index (Phi) is 5.12. The number of carbonyl (C=O) groups excluding carboxylic acids is 2. The van der Waals surface area contributed by atoms with Crippen molar-refractivity contribution in [1.29, 1.82) is 0 Å². The van der Waals surface area contributed by atoms with Crippen LogP contribution in [0.4, 0.5) is 10.5 Å². The molecule has 0 fully saturated rings. The highest BCUT2D eigenvalue weighted by Gasteiger charge is 2.33. The molecule has 4 rings (SSSR count). The first-order valence-electron chi connectivity index (χ1n) is 8.70. The maximum Gasteiger partial charge on any atom is 0.365 e. The Hall–Kier alpha value is -3.10. The van der Waals surface area contributed by atoms with Gasteiger partial charge in [0.05, 0.1) is 6.54 Å². The maximum absolute atomic E-state index is 12.8. The fraction of sp³-hybridized carbons (Fsp3) is 0.158. The molecule has 10 heteroatoms. The summed E-state index contributed by atoms with van der Waals surface area (Å²) < 4.78 is 2.15. The van der Waals surface area contributed by atoms with Gasteiger partial charge in [0.1, 0.15) is 6.54 Å². The van der Waals surface area contributed by atoms with E-state index in [9.17, 15) is 14.4 Å². The number of rotatable bonds is 5. The summed E-state index contributed by atoms with van der Waals surface area (Å²) >= 11 is 12.0. The molecule has 1 N–H and O–H groups in total. The molecule has 8 nitrogen and oxygen atoms in total. The molecule has 0 radical (unpaired) electrons. The zero-order valence-corrected chi connectivity index (χ0v) is 16.5. The van der Waals surface area contributed by atoms with E-state index in [4.69, 9.17) is 23.2 Å². The maximum atomic E-state index is 12.8. The average Bonchev–Trinajstić information content (AvgIpc) is 3.17. The van der Waals surface area contributed by atoms with Crippen LogP contribution in [0.3, 0.4) is 0 Å². The molecule has 0 saturated heterocycles. The molecule has 2 heterocycles. The highest BCUT2D eigenvalue weighted by molar-refractivity contribution is 6.31. The van der Waals surface area contributed by atoms with Crippen molar-refractivity contribution in [2.24, 2.45) is 0 Å². The fourth-order valence-electron chi connectivity index (χ4n) is 3.07. The molecule has 1 aliphatic rings. The summed E-state index contributed by atoms with van der Waals surface area (Å²) in [6.45, 7) is -0.000467. The first kappa shape index (κ1) is 19.2. The number of anilines is 1. The summed E-state index contributed by atoms with van der Waals surface area (Å²) in [5.41, 5.74) is 0.711. The van der Waals surface area contributed by atoms with Gasteiger partial charge < -0.3 is 5.32 Å². The van der Waals surface area contributed by atoms with Crippen molar-refractivity contribution in [3.8, 4) is 0 Å². The molecule has 29 heavy (non-hydrogen) atoms. The minimum atomic E-state index is -0.656. The second-order valence-corrected chi connectivity index (χ2v) is 7.24. The van der Waals surface area contributed by atoms with Gasteiger partial charge in [-0.05, 0) is 35.9 Å².